The van der Waals surface area contributed by atoms with Crippen LogP contribution in [0.1, 0.15) is 11.1 Å². The van der Waals surface area contributed by atoms with E-state index >= 15 is 0 Å². The molecule has 0 unspecified atom stereocenters. The monoisotopic (exact) mass is 441 g/mol. The molecule has 2 aromatic heterocycles. The van der Waals surface area contributed by atoms with Crippen LogP contribution in [-0.4, -0.2) is 47.0 Å². The molecule has 0 saturated heterocycles. The number of benzene rings is 1. The fourth-order valence-electron chi connectivity index (χ4n) is 3.18. The predicted octanol–water partition coefficient (Wildman–Crippen LogP) is 2.99. The third kappa shape index (κ3) is 5.62. The van der Waals surface area contributed by atoms with E-state index in [1.54, 1.807) is 36.4 Å². The number of aryl methyl sites for hydroxylation is 1. The predicted molar refractivity (Wildman–Crippen MR) is 121 cm³/mol. The summed E-state index contributed by atoms with van der Waals surface area (Å²) in [4.78, 5) is 34.3. The van der Waals surface area contributed by atoms with Crippen LogP contribution in [0.5, 0.6) is 0 Å². The number of pyridine rings is 1. The third-order valence-electron chi connectivity index (χ3n) is 4.67. The van der Waals surface area contributed by atoms with Crippen molar-refractivity contribution in [2.75, 3.05) is 26.0 Å². The number of hydrogen-bond donors (Lipinski definition) is 2. The number of rotatable bonds is 8. The third-order valence-corrected chi connectivity index (χ3v) is 4.97. The highest BCUT2D eigenvalue weighted by Gasteiger charge is 2.13. The minimum Gasteiger partial charge on any atom is -0.361 e. The molecular weight excluding hydrogens is 418 g/mol. The first-order chi connectivity index (χ1) is 14.9. The van der Waals surface area contributed by atoms with Crippen molar-refractivity contribution in [3.8, 4) is 0 Å². The van der Waals surface area contributed by atoms with Gasteiger partial charge in [-0.15, -0.1) is 0 Å². The molecule has 0 saturated carbocycles. The summed E-state index contributed by atoms with van der Waals surface area (Å²) in [7, 11) is 5.06. The van der Waals surface area contributed by atoms with Crippen LogP contribution in [0.4, 0.5) is 5.82 Å². The highest BCUT2D eigenvalue weighted by Crippen LogP contribution is 2.28. The van der Waals surface area contributed by atoms with Gasteiger partial charge >= 0.3 is 0 Å². The quantitative estimate of drug-likeness (QED) is 0.414. The smallest absolute Gasteiger partial charge is 0.262 e. The molecule has 0 bridgehead atoms. The maximum absolute atomic E-state index is 12.6. The standard InChI is InChI=1S/C22H24ClN5O3/c1-27(13-16-14-28(2)22-17(16)5-4-6-18(22)23)21(30)10-8-15-7-9-19(24-11-15)25-12-20(29)26-31-3/h4-11,14H,12-13H2,1-3H3,(H,24,25)(H,26,29)/b10-8+. The summed E-state index contributed by atoms with van der Waals surface area (Å²) in [5.74, 6) is 0.106. The second kappa shape index (κ2) is 10.1. The fourth-order valence-corrected chi connectivity index (χ4v) is 3.49. The molecule has 1 aromatic carbocycles. The number of hydroxylamine groups is 1. The number of halogens is 1. The molecule has 3 aromatic rings. The van der Waals surface area contributed by atoms with Crippen molar-refractivity contribution in [1.29, 1.82) is 0 Å². The molecule has 2 amide bonds. The van der Waals surface area contributed by atoms with Gasteiger partial charge in [-0.2, -0.15) is 0 Å². The van der Waals surface area contributed by atoms with Crippen molar-refractivity contribution in [1.82, 2.24) is 19.9 Å². The fraction of sp³-hybridized carbons (Fsp3) is 0.227. The minimum atomic E-state index is -0.310. The Bertz CT molecular complexity index is 1110. The van der Waals surface area contributed by atoms with E-state index < -0.39 is 0 Å². The summed E-state index contributed by atoms with van der Waals surface area (Å²) < 4.78 is 1.97. The largest absolute Gasteiger partial charge is 0.361 e. The summed E-state index contributed by atoms with van der Waals surface area (Å²) in [5, 5.41) is 4.59. The molecule has 8 nitrogen and oxygen atoms in total. The Kier molecular flexibility index (Phi) is 7.28. The second-order valence-corrected chi connectivity index (χ2v) is 7.40. The lowest BCUT2D eigenvalue weighted by atomic mass is 10.1. The Hall–Kier alpha value is -3.36. The second-order valence-electron chi connectivity index (χ2n) is 6.99. The van der Waals surface area contributed by atoms with Gasteiger partial charge in [-0.1, -0.05) is 23.7 Å². The lowest BCUT2D eigenvalue weighted by Gasteiger charge is -2.14. The van der Waals surface area contributed by atoms with Crippen LogP contribution in [0.15, 0.2) is 48.8 Å². The number of amides is 2. The van der Waals surface area contributed by atoms with Gasteiger partial charge in [0.2, 0.25) is 5.91 Å². The van der Waals surface area contributed by atoms with E-state index in [-0.39, 0.29) is 18.4 Å². The average molecular weight is 442 g/mol. The molecule has 3 rings (SSSR count). The van der Waals surface area contributed by atoms with Gasteiger partial charge in [0.05, 0.1) is 24.2 Å². The Morgan fingerprint density at radius 3 is 2.81 bits per heavy atom. The number of nitrogens with zero attached hydrogens (tertiary/aromatic N) is 3. The number of likely N-dealkylation sites (N-methyl/N-ethyl adjacent to an activating group) is 1. The van der Waals surface area contributed by atoms with Crippen molar-refractivity contribution in [3.05, 3.63) is 65.0 Å². The molecule has 0 fully saturated rings. The van der Waals surface area contributed by atoms with Crippen LogP contribution >= 0.6 is 11.6 Å². The van der Waals surface area contributed by atoms with Gasteiger partial charge in [0.1, 0.15) is 5.82 Å². The van der Waals surface area contributed by atoms with Gasteiger partial charge in [0, 0.05) is 44.5 Å². The van der Waals surface area contributed by atoms with E-state index in [0.717, 1.165) is 22.0 Å². The van der Waals surface area contributed by atoms with E-state index in [9.17, 15) is 9.59 Å². The van der Waals surface area contributed by atoms with Gasteiger partial charge in [-0.25, -0.2) is 10.5 Å². The lowest BCUT2D eigenvalue weighted by Crippen LogP contribution is -2.28. The van der Waals surface area contributed by atoms with Crippen LogP contribution in [0.2, 0.25) is 5.02 Å². The summed E-state index contributed by atoms with van der Waals surface area (Å²) in [5.41, 5.74) is 4.96. The minimum absolute atomic E-state index is 0.0404. The van der Waals surface area contributed by atoms with Crippen molar-refractivity contribution < 1.29 is 14.4 Å². The molecule has 2 heterocycles. The zero-order valence-electron chi connectivity index (χ0n) is 17.6. The zero-order chi connectivity index (χ0) is 22.4. The Morgan fingerprint density at radius 2 is 2.10 bits per heavy atom. The van der Waals surface area contributed by atoms with Crippen molar-refractivity contribution in [2.24, 2.45) is 7.05 Å². The number of carbonyl (C=O) groups is 2. The SMILES string of the molecule is CONC(=O)CNc1ccc(/C=C/C(=O)N(C)Cc2cn(C)c3c(Cl)cccc23)cn1. The number of carbonyl (C=O) groups excluding carboxylic acids is 2. The number of anilines is 1. The Morgan fingerprint density at radius 1 is 1.29 bits per heavy atom. The van der Waals surface area contributed by atoms with Gasteiger partial charge < -0.3 is 14.8 Å². The summed E-state index contributed by atoms with van der Waals surface area (Å²) in [6.07, 6.45) is 6.82. The first kappa shape index (κ1) is 22.3. The van der Waals surface area contributed by atoms with E-state index in [1.165, 1.54) is 13.2 Å². The van der Waals surface area contributed by atoms with Gasteiger partial charge in [0.25, 0.3) is 5.91 Å². The summed E-state index contributed by atoms with van der Waals surface area (Å²) in [6.45, 7) is 0.504. The number of fused-ring (bicyclic) bond motifs is 1. The van der Waals surface area contributed by atoms with Crippen LogP contribution in [0.25, 0.3) is 17.0 Å². The first-order valence-corrected chi connectivity index (χ1v) is 9.94. The summed E-state index contributed by atoms with van der Waals surface area (Å²) in [6, 6.07) is 9.30. The molecule has 9 heteroatoms. The number of nitrogens with one attached hydrogen (secondary N) is 2. The molecule has 0 spiro atoms. The van der Waals surface area contributed by atoms with Crippen molar-refractivity contribution >= 4 is 46.2 Å². The van der Waals surface area contributed by atoms with Crippen molar-refractivity contribution in [3.63, 3.8) is 0 Å². The van der Waals surface area contributed by atoms with Gasteiger partial charge in [-0.3, -0.25) is 14.4 Å². The Balaban J connectivity index is 1.60. The van der Waals surface area contributed by atoms with Crippen LogP contribution in [0.3, 0.4) is 0 Å². The topological polar surface area (TPSA) is 88.5 Å². The Labute approximate surface area is 185 Å². The molecule has 0 atom stereocenters. The van der Waals surface area contributed by atoms with Crippen LogP contribution < -0.4 is 10.8 Å². The number of hydrogen-bond acceptors (Lipinski definition) is 5. The molecule has 2 N–H and O–H groups in total. The van der Waals surface area contributed by atoms with E-state index in [1.807, 2.05) is 36.0 Å². The molecule has 0 radical (unpaired) electrons. The normalized spacial score (nSPS) is 11.1. The van der Waals surface area contributed by atoms with E-state index in [2.05, 4.69) is 20.6 Å². The highest BCUT2D eigenvalue weighted by atomic mass is 35.5. The van der Waals surface area contributed by atoms with E-state index in [0.29, 0.717) is 17.4 Å². The molecule has 31 heavy (non-hydrogen) atoms. The average Bonchev–Trinajstić information content (AvgIpc) is 3.07. The maximum atomic E-state index is 12.6. The maximum Gasteiger partial charge on any atom is 0.262 e. The number of aromatic nitrogens is 2. The lowest BCUT2D eigenvalue weighted by molar-refractivity contribution is -0.129. The molecular formula is C22H24ClN5O3. The summed E-state index contributed by atoms with van der Waals surface area (Å²) >= 11 is 6.30. The van der Waals surface area contributed by atoms with Crippen LogP contribution in [-0.2, 0) is 28.0 Å². The van der Waals surface area contributed by atoms with Gasteiger partial charge in [-0.05, 0) is 35.4 Å². The molecule has 0 aliphatic carbocycles. The van der Waals surface area contributed by atoms with Crippen molar-refractivity contribution in [2.45, 2.75) is 6.54 Å². The molecule has 162 valence electrons. The molecule has 0 aliphatic rings. The zero-order valence-corrected chi connectivity index (χ0v) is 18.3. The van der Waals surface area contributed by atoms with Crippen LogP contribution in [0, 0.1) is 0 Å². The van der Waals surface area contributed by atoms with E-state index in [4.69, 9.17) is 11.6 Å². The van der Waals surface area contributed by atoms with Gasteiger partial charge in [0.15, 0.2) is 0 Å². The number of para-hydroxylation sites is 1. The molecule has 0 aliphatic heterocycles. The first-order valence-electron chi connectivity index (χ1n) is 9.56. The highest BCUT2D eigenvalue weighted by molar-refractivity contribution is 6.35.